The van der Waals surface area contributed by atoms with Crippen LogP contribution in [0.5, 0.6) is 0 Å². The molecule has 1 saturated heterocycles. The lowest BCUT2D eigenvalue weighted by Gasteiger charge is -2.49. The minimum atomic E-state index is -0.920. The number of nitrogens with one attached hydrogen (secondary N) is 1. The first kappa shape index (κ1) is 43.7. The topological polar surface area (TPSA) is 153 Å². The van der Waals surface area contributed by atoms with Crippen molar-refractivity contribution in [1.29, 1.82) is 0 Å². The number of aliphatic imine (C=N–C) groups is 1. The molecule has 2 aliphatic rings. The normalized spacial score (nSPS) is 16.5. The molecule has 13 heteroatoms. The zero-order valence-corrected chi connectivity index (χ0v) is 34.0. The Bertz CT molecular complexity index is 1820. The Morgan fingerprint density at radius 2 is 1.45 bits per heavy atom. The second-order valence-electron chi connectivity index (χ2n) is 16.4. The highest BCUT2D eigenvalue weighted by Gasteiger charge is 2.43. The summed E-state index contributed by atoms with van der Waals surface area (Å²) in [4.78, 5) is 60.3. The van der Waals surface area contributed by atoms with Gasteiger partial charge in [-0.1, -0.05) is 92.1 Å². The van der Waals surface area contributed by atoms with Crippen LogP contribution in [-0.4, -0.2) is 71.2 Å². The van der Waals surface area contributed by atoms with Crippen molar-refractivity contribution in [2.75, 3.05) is 19.6 Å². The minimum absolute atomic E-state index is 0.00237. The van der Waals surface area contributed by atoms with E-state index in [9.17, 15) is 23.6 Å². The number of nitrogens with zero attached hydrogens (tertiary/aromatic N) is 3. The SMILES string of the molecule is CC(C)(C)OC(=O)N[C@H](Cc1ccc(F)cc1)C(=O)N1CCC(CCCN(C(=O)OCc2ccccc2)C(N)=NC(=O)OCc2ccccc2)(C2CCCCC2)CC1. The number of likely N-dealkylation sites (tertiary alicyclic amines) is 1. The van der Waals surface area contributed by atoms with Gasteiger partial charge >= 0.3 is 18.3 Å². The standard InChI is InChI=1S/C45H58FN5O7/c1-44(2,3)58-42(54)48-38(30-33-20-22-37(46)23-21-33)39(52)50-28-25-45(26-29-50,36-18-11-6-12-19-36)24-13-27-51(43(55)57-32-35-16-9-5-10-17-35)40(47)49-41(53)56-31-34-14-7-4-8-15-34/h4-5,7-10,14-17,20-23,36,38H,6,11-13,18-19,24-32H2,1-3H3,(H,48,54)(H2,47,49,53)/t38-/m1/s1. The molecule has 1 aliphatic carbocycles. The van der Waals surface area contributed by atoms with E-state index in [1.807, 2.05) is 65.6 Å². The average Bonchev–Trinajstić information content (AvgIpc) is 3.21. The van der Waals surface area contributed by atoms with Gasteiger partial charge in [0.25, 0.3) is 0 Å². The van der Waals surface area contributed by atoms with Crippen molar-refractivity contribution >= 4 is 30.1 Å². The highest BCUT2D eigenvalue weighted by Crippen LogP contribution is 2.49. The molecule has 3 aromatic rings. The van der Waals surface area contributed by atoms with Crippen molar-refractivity contribution < 1.29 is 37.8 Å². The van der Waals surface area contributed by atoms with Gasteiger partial charge < -0.3 is 30.2 Å². The number of carbonyl (C=O) groups excluding carboxylic acids is 4. The fraction of sp³-hybridized carbons (Fsp3) is 0.489. The molecule has 1 heterocycles. The molecule has 0 unspecified atom stereocenters. The molecule has 0 spiro atoms. The third kappa shape index (κ3) is 13.3. The predicted molar refractivity (Wildman–Crippen MR) is 219 cm³/mol. The van der Waals surface area contributed by atoms with Gasteiger partial charge in [0, 0.05) is 26.1 Å². The first-order valence-electron chi connectivity index (χ1n) is 20.4. The van der Waals surface area contributed by atoms with Gasteiger partial charge in [0.1, 0.15) is 30.7 Å². The van der Waals surface area contributed by atoms with Crippen LogP contribution in [0.25, 0.3) is 0 Å². The molecule has 1 atom stereocenters. The van der Waals surface area contributed by atoms with Crippen molar-refractivity contribution in [3.8, 4) is 0 Å². The summed E-state index contributed by atoms with van der Waals surface area (Å²) in [6.07, 6.45) is 6.26. The molecule has 5 rings (SSSR count). The van der Waals surface area contributed by atoms with Crippen LogP contribution in [0, 0.1) is 17.2 Å². The van der Waals surface area contributed by atoms with Crippen LogP contribution < -0.4 is 11.1 Å². The third-order valence-electron chi connectivity index (χ3n) is 11.1. The number of carbonyl (C=O) groups is 4. The predicted octanol–water partition coefficient (Wildman–Crippen LogP) is 8.52. The van der Waals surface area contributed by atoms with Crippen LogP contribution in [0.2, 0.25) is 0 Å². The van der Waals surface area contributed by atoms with Crippen LogP contribution in [0.15, 0.2) is 89.9 Å². The summed E-state index contributed by atoms with van der Waals surface area (Å²) in [5.41, 5.74) is 7.77. The van der Waals surface area contributed by atoms with Crippen molar-refractivity contribution in [2.24, 2.45) is 22.1 Å². The van der Waals surface area contributed by atoms with E-state index < -0.39 is 29.9 Å². The molecule has 1 aliphatic heterocycles. The number of alkyl carbamates (subject to hydrolysis) is 1. The summed E-state index contributed by atoms with van der Waals surface area (Å²) in [6.45, 7) is 6.43. The first-order chi connectivity index (χ1) is 27.8. The van der Waals surface area contributed by atoms with Crippen molar-refractivity contribution in [3.05, 3.63) is 107 Å². The molecule has 1 saturated carbocycles. The number of hydrogen-bond donors (Lipinski definition) is 2. The molecule has 0 radical (unpaired) electrons. The van der Waals surface area contributed by atoms with Gasteiger partial charge in [-0.25, -0.2) is 23.7 Å². The molecule has 0 aromatic heterocycles. The number of piperidine rings is 1. The van der Waals surface area contributed by atoms with Crippen LogP contribution in [0.1, 0.15) is 95.2 Å². The Kier molecular flexibility index (Phi) is 15.7. The van der Waals surface area contributed by atoms with Crippen LogP contribution >= 0.6 is 0 Å². The Morgan fingerprint density at radius 3 is 2.03 bits per heavy atom. The van der Waals surface area contributed by atoms with Gasteiger partial charge in [-0.3, -0.25) is 4.79 Å². The lowest BCUT2D eigenvalue weighted by molar-refractivity contribution is -0.137. The molecular weight excluding hydrogens is 742 g/mol. The maximum Gasteiger partial charge on any atom is 0.437 e. The molecular formula is C45H58FN5O7. The number of amides is 4. The van der Waals surface area contributed by atoms with Gasteiger partial charge in [-0.05, 0) is 99.5 Å². The number of nitrogens with two attached hydrogens (primary N) is 1. The monoisotopic (exact) mass is 799 g/mol. The molecule has 12 nitrogen and oxygen atoms in total. The maximum absolute atomic E-state index is 14.1. The van der Waals surface area contributed by atoms with Crippen molar-refractivity contribution in [2.45, 2.75) is 110 Å². The van der Waals surface area contributed by atoms with E-state index in [0.717, 1.165) is 56.1 Å². The first-order valence-corrected chi connectivity index (χ1v) is 20.4. The van der Waals surface area contributed by atoms with E-state index >= 15 is 0 Å². The molecule has 58 heavy (non-hydrogen) atoms. The Balaban J connectivity index is 1.28. The van der Waals surface area contributed by atoms with Crippen LogP contribution in [0.3, 0.4) is 0 Å². The average molecular weight is 800 g/mol. The zero-order valence-electron chi connectivity index (χ0n) is 34.0. The van der Waals surface area contributed by atoms with Crippen molar-refractivity contribution in [1.82, 2.24) is 15.1 Å². The van der Waals surface area contributed by atoms with E-state index in [0.29, 0.717) is 31.0 Å². The van der Waals surface area contributed by atoms with Gasteiger partial charge in [-0.2, -0.15) is 0 Å². The fourth-order valence-electron chi connectivity index (χ4n) is 8.07. The summed E-state index contributed by atoms with van der Waals surface area (Å²) >= 11 is 0. The number of hydrogen-bond acceptors (Lipinski definition) is 7. The van der Waals surface area contributed by atoms with E-state index in [-0.39, 0.29) is 49.3 Å². The molecule has 4 amide bonds. The van der Waals surface area contributed by atoms with Gasteiger partial charge in [-0.15, -0.1) is 4.99 Å². The lowest BCUT2D eigenvalue weighted by Crippen LogP contribution is -2.54. The highest BCUT2D eigenvalue weighted by molar-refractivity contribution is 5.98. The summed E-state index contributed by atoms with van der Waals surface area (Å²) in [5, 5.41) is 2.78. The van der Waals surface area contributed by atoms with Crippen molar-refractivity contribution in [3.63, 3.8) is 0 Å². The zero-order chi connectivity index (χ0) is 41.5. The quantitative estimate of drug-likeness (QED) is 0.0992. The Hall–Kier alpha value is -5.46. The number of halogens is 1. The van der Waals surface area contributed by atoms with Gasteiger partial charge in [0.05, 0.1) is 0 Å². The Morgan fingerprint density at radius 1 is 0.862 bits per heavy atom. The van der Waals surface area contributed by atoms with E-state index in [2.05, 4.69) is 10.3 Å². The maximum atomic E-state index is 14.1. The van der Waals surface area contributed by atoms with Crippen LogP contribution in [0.4, 0.5) is 18.8 Å². The lowest BCUT2D eigenvalue weighted by atomic mass is 9.61. The number of rotatable bonds is 13. The van der Waals surface area contributed by atoms with Gasteiger partial charge in [0.2, 0.25) is 11.9 Å². The van der Waals surface area contributed by atoms with Gasteiger partial charge in [0.15, 0.2) is 0 Å². The van der Waals surface area contributed by atoms with E-state index in [1.165, 1.54) is 23.5 Å². The molecule has 3 N–H and O–H groups in total. The summed E-state index contributed by atoms with van der Waals surface area (Å²) in [6, 6.07) is 23.5. The summed E-state index contributed by atoms with van der Waals surface area (Å²) in [7, 11) is 0. The number of ether oxygens (including phenoxy) is 3. The second kappa shape index (κ2) is 20.8. The summed E-state index contributed by atoms with van der Waals surface area (Å²) in [5.74, 6) is -0.480. The second-order valence-corrected chi connectivity index (χ2v) is 16.4. The van der Waals surface area contributed by atoms with E-state index in [1.54, 1.807) is 32.9 Å². The summed E-state index contributed by atoms with van der Waals surface area (Å²) < 4.78 is 30.2. The minimum Gasteiger partial charge on any atom is -0.444 e. The molecule has 0 bridgehead atoms. The number of benzene rings is 3. The molecule has 312 valence electrons. The highest BCUT2D eigenvalue weighted by atomic mass is 19.1. The smallest absolute Gasteiger partial charge is 0.437 e. The Labute approximate surface area is 341 Å². The largest absolute Gasteiger partial charge is 0.444 e. The van der Waals surface area contributed by atoms with Crippen LogP contribution in [-0.2, 0) is 38.6 Å². The van der Waals surface area contributed by atoms with E-state index in [4.69, 9.17) is 19.9 Å². The third-order valence-corrected chi connectivity index (χ3v) is 11.1. The number of guanidine groups is 1. The fourth-order valence-corrected chi connectivity index (χ4v) is 8.07. The molecule has 3 aromatic carbocycles. The molecule has 2 fully saturated rings.